The molecule has 4 aromatic rings. The number of hydrogen-bond acceptors (Lipinski definition) is 3. The van der Waals surface area contributed by atoms with E-state index in [4.69, 9.17) is 5.73 Å². The fraction of sp³-hybridized carbons (Fsp3) is 0.0526. The Kier molecular flexibility index (Phi) is 2.84. The smallest absolute Gasteiger partial charge is 0.123 e. The normalized spacial score (nSPS) is 11.3. The van der Waals surface area contributed by atoms with Crippen molar-refractivity contribution in [3.05, 3.63) is 60.2 Å². The highest BCUT2D eigenvalue weighted by Gasteiger charge is 2.17. The van der Waals surface area contributed by atoms with Crippen molar-refractivity contribution in [1.82, 2.24) is 0 Å². The SMILES string of the molecule is Cc1cc(N)c2c(sc3ccccc32)c1-c1ccccc1O. The molecule has 0 fully saturated rings. The molecule has 0 saturated carbocycles. The fourth-order valence-electron chi connectivity index (χ4n) is 3.08. The molecule has 0 spiro atoms. The molecule has 3 heteroatoms. The molecule has 108 valence electrons. The second-order valence-electron chi connectivity index (χ2n) is 5.48. The van der Waals surface area contributed by atoms with Gasteiger partial charge in [0, 0.05) is 37.0 Å². The van der Waals surface area contributed by atoms with E-state index in [0.29, 0.717) is 5.75 Å². The average Bonchev–Trinajstić information content (AvgIpc) is 2.88. The van der Waals surface area contributed by atoms with Gasteiger partial charge in [0.1, 0.15) is 5.75 Å². The number of anilines is 1. The lowest BCUT2D eigenvalue weighted by Gasteiger charge is -2.11. The summed E-state index contributed by atoms with van der Waals surface area (Å²) < 4.78 is 2.35. The van der Waals surface area contributed by atoms with Crippen molar-refractivity contribution in [3.8, 4) is 16.9 Å². The molecule has 0 unspecified atom stereocenters. The van der Waals surface area contributed by atoms with Crippen molar-refractivity contribution in [1.29, 1.82) is 0 Å². The molecule has 0 atom stereocenters. The number of hydrogen-bond donors (Lipinski definition) is 2. The fourth-order valence-corrected chi connectivity index (χ4v) is 4.43. The molecule has 0 saturated heterocycles. The molecular weight excluding hydrogens is 290 g/mol. The Morgan fingerprint density at radius 2 is 1.73 bits per heavy atom. The van der Waals surface area contributed by atoms with Crippen LogP contribution in [0.1, 0.15) is 5.56 Å². The first kappa shape index (κ1) is 13.2. The van der Waals surface area contributed by atoms with Crippen LogP contribution in [0.4, 0.5) is 5.69 Å². The summed E-state index contributed by atoms with van der Waals surface area (Å²) in [5.74, 6) is 0.300. The Bertz CT molecular complexity index is 1020. The predicted molar refractivity (Wildman–Crippen MR) is 95.6 cm³/mol. The van der Waals surface area contributed by atoms with Gasteiger partial charge in [0.05, 0.1) is 0 Å². The van der Waals surface area contributed by atoms with Crippen LogP contribution < -0.4 is 5.73 Å². The maximum Gasteiger partial charge on any atom is 0.123 e. The third-order valence-corrected chi connectivity index (χ3v) is 5.24. The van der Waals surface area contributed by atoms with Crippen LogP contribution in [0.5, 0.6) is 5.75 Å². The minimum absolute atomic E-state index is 0.300. The van der Waals surface area contributed by atoms with Crippen molar-refractivity contribution in [2.24, 2.45) is 0 Å². The molecule has 0 bridgehead atoms. The maximum absolute atomic E-state index is 10.3. The summed E-state index contributed by atoms with van der Waals surface area (Å²) in [6.45, 7) is 2.04. The van der Waals surface area contributed by atoms with Gasteiger partial charge < -0.3 is 10.8 Å². The molecule has 22 heavy (non-hydrogen) atoms. The van der Waals surface area contributed by atoms with Crippen LogP contribution in [-0.2, 0) is 0 Å². The number of nitrogens with two attached hydrogens (primary N) is 1. The van der Waals surface area contributed by atoms with Crippen LogP contribution in [0.25, 0.3) is 31.3 Å². The monoisotopic (exact) mass is 305 g/mol. The number of nitrogen functional groups attached to an aromatic ring is 1. The third-order valence-electron chi connectivity index (χ3n) is 4.05. The van der Waals surface area contributed by atoms with Gasteiger partial charge in [-0.05, 0) is 30.7 Å². The van der Waals surface area contributed by atoms with E-state index in [0.717, 1.165) is 32.5 Å². The second-order valence-corrected chi connectivity index (χ2v) is 6.53. The third kappa shape index (κ3) is 1.79. The van der Waals surface area contributed by atoms with E-state index < -0.39 is 0 Å². The zero-order valence-electron chi connectivity index (χ0n) is 12.1. The molecular formula is C19H15NOS. The molecule has 0 radical (unpaired) electrons. The highest BCUT2D eigenvalue weighted by atomic mass is 32.1. The second kappa shape index (κ2) is 4.75. The largest absolute Gasteiger partial charge is 0.507 e. The van der Waals surface area contributed by atoms with Crippen LogP contribution in [0.3, 0.4) is 0 Å². The Labute approximate surface area is 132 Å². The summed E-state index contributed by atoms with van der Waals surface area (Å²) in [7, 11) is 0. The number of benzene rings is 3. The maximum atomic E-state index is 10.3. The summed E-state index contributed by atoms with van der Waals surface area (Å²) in [5.41, 5.74) is 10.1. The first-order chi connectivity index (χ1) is 10.7. The number of rotatable bonds is 1. The number of para-hydroxylation sites is 1. The summed E-state index contributed by atoms with van der Waals surface area (Å²) in [6.07, 6.45) is 0. The van der Waals surface area contributed by atoms with E-state index in [2.05, 4.69) is 12.1 Å². The molecule has 3 N–H and O–H groups in total. The molecule has 0 amide bonds. The van der Waals surface area contributed by atoms with Gasteiger partial charge in [-0.25, -0.2) is 0 Å². The lowest BCUT2D eigenvalue weighted by Crippen LogP contribution is -1.91. The number of aromatic hydroxyl groups is 1. The van der Waals surface area contributed by atoms with Crippen LogP contribution in [0.2, 0.25) is 0 Å². The van der Waals surface area contributed by atoms with Crippen LogP contribution >= 0.6 is 11.3 Å². The summed E-state index contributed by atoms with van der Waals surface area (Å²) in [5, 5.41) is 12.5. The molecule has 0 aliphatic rings. The summed E-state index contributed by atoms with van der Waals surface area (Å²) in [4.78, 5) is 0. The quantitative estimate of drug-likeness (QED) is 0.468. The van der Waals surface area contributed by atoms with E-state index >= 15 is 0 Å². The van der Waals surface area contributed by atoms with Gasteiger partial charge in [0.15, 0.2) is 0 Å². The van der Waals surface area contributed by atoms with Gasteiger partial charge in [0.2, 0.25) is 0 Å². The molecule has 3 aromatic carbocycles. The van der Waals surface area contributed by atoms with Crippen molar-refractivity contribution in [2.45, 2.75) is 6.92 Å². The number of fused-ring (bicyclic) bond motifs is 3. The highest BCUT2D eigenvalue weighted by Crippen LogP contribution is 2.46. The standard InChI is InChI=1S/C19H15NOS/c1-11-10-14(20)18-13-7-3-5-9-16(13)22-19(18)17(11)12-6-2-4-8-15(12)21/h2-10,21H,20H2,1H3. The Balaban J connectivity index is 2.22. The van der Waals surface area contributed by atoms with Crippen molar-refractivity contribution in [2.75, 3.05) is 5.73 Å². The topological polar surface area (TPSA) is 46.2 Å². The molecule has 1 heterocycles. The number of phenolic OH excluding ortho intramolecular Hbond substituents is 1. The van der Waals surface area contributed by atoms with E-state index in [1.165, 1.54) is 10.1 Å². The first-order valence-corrected chi connectivity index (χ1v) is 7.97. The molecule has 2 nitrogen and oxygen atoms in total. The van der Waals surface area contributed by atoms with Crippen LogP contribution in [-0.4, -0.2) is 5.11 Å². The average molecular weight is 305 g/mol. The zero-order chi connectivity index (χ0) is 15.3. The number of phenols is 1. The minimum Gasteiger partial charge on any atom is -0.507 e. The lowest BCUT2D eigenvalue weighted by atomic mass is 9.96. The summed E-state index contributed by atoms with van der Waals surface area (Å²) >= 11 is 1.73. The minimum atomic E-state index is 0.300. The highest BCUT2D eigenvalue weighted by molar-refractivity contribution is 7.26. The van der Waals surface area contributed by atoms with Gasteiger partial charge in [-0.3, -0.25) is 0 Å². The van der Waals surface area contributed by atoms with Crippen LogP contribution in [0.15, 0.2) is 54.6 Å². The van der Waals surface area contributed by atoms with Gasteiger partial charge in [-0.1, -0.05) is 36.4 Å². The van der Waals surface area contributed by atoms with E-state index in [-0.39, 0.29) is 0 Å². The molecule has 0 aliphatic carbocycles. The zero-order valence-corrected chi connectivity index (χ0v) is 12.9. The van der Waals surface area contributed by atoms with Gasteiger partial charge in [0.25, 0.3) is 0 Å². The molecule has 1 aromatic heterocycles. The van der Waals surface area contributed by atoms with Gasteiger partial charge in [-0.2, -0.15) is 0 Å². The summed E-state index contributed by atoms with van der Waals surface area (Å²) in [6, 6.07) is 17.8. The molecule has 0 aliphatic heterocycles. The van der Waals surface area contributed by atoms with E-state index in [1.54, 1.807) is 17.4 Å². The Morgan fingerprint density at radius 1 is 1.00 bits per heavy atom. The van der Waals surface area contributed by atoms with Crippen LogP contribution in [0, 0.1) is 6.92 Å². The van der Waals surface area contributed by atoms with Crippen molar-refractivity contribution >= 4 is 37.2 Å². The van der Waals surface area contributed by atoms with E-state index in [9.17, 15) is 5.11 Å². The number of thiophene rings is 1. The lowest BCUT2D eigenvalue weighted by molar-refractivity contribution is 0.477. The Hall–Kier alpha value is -2.52. The molecule has 4 rings (SSSR count). The first-order valence-electron chi connectivity index (χ1n) is 7.15. The number of aryl methyl sites for hydroxylation is 1. The van der Waals surface area contributed by atoms with Crippen molar-refractivity contribution < 1.29 is 5.11 Å². The predicted octanol–water partition coefficient (Wildman–Crippen LogP) is 5.32. The van der Waals surface area contributed by atoms with E-state index in [1.807, 2.05) is 43.3 Å². The Morgan fingerprint density at radius 3 is 2.55 bits per heavy atom. The van der Waals surface area contributed by atoms with Crippen molar-refractivity contribution in [3.63, 3.8) is 0 Å². The van der Waals surface area contributed by atoms with Gasteiger partial charge >= 0.3 is 0 Å². The van der Waals surface area contributed by atoms with Gasteiger partial charge in [-0.15, -0.1) is 11.3 Å².